The molecule has 0 atom stereocenters. The molecule has 0 unspecified atom stereocenters. The lowest BCUT2D eigenvalue weighted by molar-refractivity contribution is 0.287. The maximum Gasteiger partial charge on any atom is 0.122 e. The number of ether oxygens (including phenoxy) is 1. The third kappa shape index (κ3) is 4.23. The van der Waals surface area contributed by atoms with Gasteiger partial charge in [0.15, 0.2) is 0 Å². The summed E-state index contributed by atoms with van der Waals surface area (Å²) >= 11 is 0. The number of hydrogen-bond donors (Lipinski definition) is 0. The Bertz CT molecular complexity index is 690. The Hall–Kier alpha value is -2.06. The van der Waals surface area contributed by atoms with Gasteiger partial charge in [-0.25, -0.2) is 0 Å². The van der Waals surface area contributed by atoms with Crippen LogP contribution in [0.15, 0.2) is 48.5 Å². The van der Waals surface area contributed by atoms with E-state index in [0.29, 0.717) is 0 Å². The third-order valence-electron chi connectivity index (χ3n) is 4.34. The highest BCUT2D eigenvalue weighted by Gasteiger charge is 2.11. The molecule has 1 aliphatic rings. The average Bonchev–Trinajstić information content (AvgIpc) is 2.56. The van der Waals surface area contributed by atoms with E-state index in [2.05, 4.69) is 73.5 Å². The van der Waals surface area contributed by atoms with Gasteiger partial charge in [0, 0.05) is 13.1 Å². The summed E-state index contributed by atoms with van der Waals surface area (Å²) in [4.78, 5) is 2.32. The van der Waals surface area contributed by atoms with E-state index in [0.717, 1.165) is 38.3 Å². The van der Waals surface area contributed by atoms with Crippen LogP contribution in [-0.4, -0.2) is 25.1 Å². The first-order valence-corrected chi connectivity index (χ1v) is 8.38. The second-order valence-electron chi connectivity index (χ2n) is 6.35. The molecule has 2 aromatic carbocycles. The second kappa shape index (κ2) is 7.47. The number of benzene rings is 2. The van der Waals surface area contributed by atoms with Gasteiger partial charge in [-0.1, -0.05) is 48.6 Å². The van der Waals surface area contributed by atoms with Crippen molar-refractivity contribution >= 4 is 6.08 Å². The molecule has 1 heterocycles. The van der Waals surface area contributed by atoms with Crippen LogP contribution < -0.4 is 4.74 Å². The summed E-state index contributed by atoms with van der Waals surface area (Å²) in [5, 5.41) is 0. The molecule has 2 nitrogen and oxygen atoms in total. The molecule has 120 valence electrons. The molecule has 23 heavy (non-hydrogen) atoms. The zero-order valence-corrected chi connectivity index (χ0v) is 14.1. The maximum atomic E-state index is 5.77. The third-order valence-corrected chi connectivity index (χ3v) is 4.34. The first kappa shape index (κ1) is 15.8. The van der Waals surface area contributed by atoms with Crippen LogP contribution in [0.4, 0.5) is 0 Å². The molecule has 1 aliphatic heterocycles. The molecule has 0 aliphatic carbocycles. The van der Waals surface area contributed by atoms with E-state index in [1.54, 1.807) is 0 Å². The van der Waals surface area contributed by atoms with Gasteiger partial charge < -0.3 is 4.74 Å². The maximum absolute atomic E-state index is 5.77. The Balaban J connectivity index is 1.57. The standard InChI is InChI=1S/C21H25NO/c1-17-7-3-4-8-19(17)9-5-13-22(2)16-18-11-12-20-10-6-14-23-21(20)15-18/h3-5,7-9,11-12,15H,6,10,13-14,16H2,1-2H3/b9-5+. The predicted octanol–water partition coefficient (Wildman–Crippen LogP) is 4.47. The summed E-state index contributed by atoms with van der Waals surface area (Å²) in [5.41, 5.74) is 5.28. The molecular weight excluding hydrogens is 282 g/mol. The number of nitrogens with zero attached hydrogens (tertiary/aromatic N) is 1. The number of hydrogen-bond acceptors (Lipinski definition) is 2. The van der Waals surface area contributed by atoms with Crippen LogP contribution in [0.2, 0.25) is 0 Å². The van der Waals surface area contributed by atoms with Gasteiger partial charge in [0.2, 0.25) is 0 Å². The quantitative estimate of drug-likeness (QED) is 0.808. The number of rotatable bonds is 5. The van der Waals surface area contributed by atoms with Crippen LogP contribution in [0.5, 0.6) is 5.75 Å². The molecule has 0 saturated heterocycles. The summed E-state index contributed by atoms with van der Waals surface area (Å²) in [6, 6.07) is 15.1. The summed E-state index contributed by atoms with van der Waals surface area (Å²) < 4.78 is 5.77. The Morgan fingerprint density at radius 2 is 2.04 bits per heavy atom. The first-order chi connectivity index (χ1) is 11.2. The fraction of sp³-hybridized carbons (Fsp3) is 0.333. The predicted molar refractivity (Wildman–Crippen MR) is 96.8 cm³/mol. The lowest BCUT2D eigenvalue weighted by Gasteiger charge is -2.20. The highest BCUT2D eigenvalue weighted by Crippen LogP contribution is 2.26. The molecule has 0 aromatic heterocycles. The van der Waals surface area contributed by atoms with Gasteiger partial charge in [-0.05, 0) is 55.1 Å². The number of likely N-dealkylation sites (N-methyl/N-ethyl adjacent to an activating group) is 1. The van der Waals surface area contributed by atoms with Crippen molar-refractivity contribution in [1.29, 1.82) is 0 Å². The zero-order valence-electron chi connectivity index (χ0n) is 14.1. The van der Waals surface area contributed by atoms with E-state index in [9.17, 15) is 0 Å². The fourth-order valence-electron chi connectivity index (χ4n) is 2.99. The Morgan fingerprint density at radius 3 is 2.91 bits per heavy atom. The van der Waals surface area contributed by atoms with Crippen LogP contribution >= 0.6 is 0 Å². The Kier molecular flexibility index (Phi) is 5.14. The minimum Gasteiger partial charge on any atom is -0.493 e. The van der Waals surface area contributed by atoms with Crippen LogP contribution in [-0.2, 0) is 13.0 Å². The molecule has 0 saturated carbocycles. The average molecular weight is 307 g/mol. The lowest BCUT2D eigenvalue weighted by atomic mass is 10.0. The Labute approximate surface area is 139 Å². The highest BCUT2D eigenvalue weighted by atomic mass is 16.5. The van der Waals surface area contributed by atoms with E-state index in [-0.39, 0.29) is 0 Å². The van der Waals surface area contributed by atoms with Crippen molar-refractivity contribution in [1.82, 2.24) is 4.90 Å². The van der Waals surface area contributed by atoms with E-state index in [1.807, 2.05) is 0 Å². The molecule has 0 radical (unpaired) electrons. The van der Waals surface area contributed by atoms with Crippen molar-refractivity contribution in [2.45, 2.75) is 26.3 Å². The van der Waals surface area contributed by atoms with Gasteiger partial charge in [-0.15, -0.1) is 0 Å². The van der Waals surface area contributed by atoms with Crippen LogP contribution in [0, 0.1) is 6.92 Å². The Morgan fingerprint density at radius 1 is 1.17 bits per heavy atom. The smallest absolute Gasteiger partial charge is 0.122 e. The van der Waals surface area contributed by atoms with Gasteiger partial charge in [0.05, 0.1) is 6.61 Å². The summed E-state index contributed by atoms with van der Waals surface area (Å²) in [7, 11) is 2.16. The van der Waals surface area contributed by atoms with Crippen molar-refractivity contribution in [2.24, 2.45) is 0 Å². The molecule has 0 spiro atoms. The zero-order chi connectivity index (χ0) is 16.1. The van der Waals surface area contributed by atoms with E-state index < -0.39 is 0 Å². The normalized spacial score (nSPS) is 14.0. The summed E-state index contributed by atoms with van der Waals surface area (Å²) in [6.45, 7) is 4.88. The molecule has 2 heteroatoms. The van der Waals surface area contributed by atoms with E-state index in [4.69, 9.17) is 4.74 Å². The first-order valence-electron chi connectivity index (χ1n) is 8.38. The van der Waals surface area contributed by atoms with Crippen LogP contribution in [0.3, 0.4) is 0 Å². The summed E-state index contributed by atoms with van der Waals surface area (Å²) in [6.07, 6.45) is 6.72. The van der Waals surface area contributed by atoms with Gasteiger partial charge in [0.1, 0.15) is 5.75 Å². The van der Waals surface area contributed by atoms with Gasteiger partial charge >= 0.3 is 0 Å². The molecular formula is C21H25NO. The monoisotopic (exact) mass is 307 g/mol. The van der Waals surface area contributed by atoms with Gasteiger partial charge in [-0.2, -0.15) is 0 Å². The largest absolute Gasteiger partial charge is 0.493 e. The molecule has 0 fully saturated rings. The summed E-state index contributed by atoms with van der Waals surface area (Å²) in [5.74, 6) is 1.08. The van der Waals surface area contributed by atoms with Crippen molar-refractivity contribution < 1.29 is 4.74 Å². The fourth-order valence-corrected chi connectivity index (χ4v) is 2.99. The topological polar surface area (TPSA) is 12.5 Å². The number of fused-ring (bicyclic) bond motifs is 1. The number of aryl methyl sites for hydroxylation is 2. The van der Waals surface area contributed by atoms with Crippen molar-refractivity contribution in [2.75, 3.05) is 20.2 Å². The van der Waals surface area contributed by atoms with Crippen molar-refractivity contribution in [3.8, 4) is 5.75 Å². The van der Waals surface area contributed by atoms with Crippen molar-refractivity contribution in [3.05, 3.63) is 70.8 Å². The van der Waals surface area contributed by atoms with Crippen LogP contribution in [0.25, 0.3) is 6.08 Å². The molecule has 2 aromatic rings. The van der Waals surface area contributed by atoms with Gasteiger partial charge in [-0.3, -0.25) is 4.90 Å². The second-order valence-corrected chi connectivity index (χ2v) is 6.35. The minimum atomic E-state index is 0.853. The SMILES string of the molecule is Cc1ccccc1/C=C/CN(C)Cc1ccc2c(c1)OCCC2. The van der Waals surface area contributed by atoms with Gasteiger partial charge in [0.25, 0.3) is 0 Å². The van der Waals surface area contributed by atoms with Crippen LogP contribution in [0.1, 0.15) is 28.7 Å². The minimum absolute atomic E-state index is 0.853. The van der Waals surface area contributed by atoms with Crippen molar-refractivity contribution in [3.63, 3.8) is 0 Å². The lowest BCUT2D eigenvalue weighted by Crippen LogP contribution is -2.18. The highest BCUT2D eigenvalue weighted by molar-refractivity contribution is 5.53. The molecule has 0 amide bonds. The van der Waals surface area contributed by atoms with E-state index >= 15 is 0 Å². The molecule has 3 rings (SSSR count). The van der Waals surface area contributed by atoms with E-state index in [1.165, 1.54) is 22.3 Å². The molecule has 0 bridgehead atoms. The molecule has 0 N–H and O–H groups in total.